The number of sulfonamides is 1. The monoisotopic (exact) mass is 411 g/mol. The zero-order valence-corrected chi connectivity index (χ0v) is 16.6. The van der Waals surface area contributed by atoms with E-state index >= 15 is 0 Å². The highest BCUT2D eigenvalue weighted by Crippen LogP contribution is 2.24. The van der Waals surface area contributed by atoms with Gasteiger partial charge in [0.05, 0.1) is 11.1 Å². The third-order valence-corrected chi connectivity index (χ3v) is 6.78. The van der Waals surface area contributed by atoms with Crippen LogP contribution in [-0.2, 0) is 10.0 Å². The van der Waals surface area contributed by atoms with Gasteiger partial charge in [-0.15, -0.1) is 0 Å². The Labute approximate surface area is 169 Å². The SMILES string of the molecule is O=C(Nc1cccc(-c2cnco2)c1)c1cccc(S(=O)(=O)N2CCCCC2)c1. The first-order chi connectivity index (χ1) is 14.0. The molecule has 0 spiro atoms. The third kappa shape index (κ3) is 4.23. The van der Waals surface area contributed by atoms with Crippen molar-refractivity contribution in [2.24, 2.45) is 0 Å². The zero-order valence-electron chi connectivity index (χ0n) is 15.7. The molecule has 1 aliphatic rings. The first-order valence-electron chi connectivity index (χ1n) is 9.44. The van der Waals surface area contributed by atoms with E-state index in [1.165, 1.54) is 22.8 Å². The molecule has 4 rings (SSSR count). The summed E-state index contributed by atoms with van der Waals surface area (Å²) in [6, 6.07) is 13.3. The van der Waals surface area contributed by atoms with Crippen molar-refractivity contribution < 1.29 is 17.6 Å². The van der Waals surface area contributed by atoms with Crippen LogP contribution in [0, 0.1) is 0 Å². The van der Waals surface area contributed by atoms with Crippen molar-refractivity contribution in [3.63, 3.8) is 0 Å². The standard InChI is InChI=1S/C21H21N3O4S/c25-21(23-18-8-4-6-16(12-18)20-14-22-15-28-20)17-7-5-9-19(13-17)29(26,27)24-10-2-1-3-11-24/h4-9,12-15H,1-3,10-11H2,(H,23,25). The van der Waals surface area contributed by atoms with Crippen molar-refractivity contribution in [2.75, 3.05) is 18.4 Å². The molecule has 1 N–H and O–H groups in total. The molecule has 0 saturated carbocycles. The molecule has 3 aromatic rings. The lowest BCUT2D eigenvalue weighted by Crippen LogP contribution is -2.35. The second-order valence-electron chi connectivity index (χ2n) is 6.89. The molecule has 0 radical (unpaired) electrons. The minimum absolute atomic E-state index is 0.141. The summed E-state index contributed by atoms with van der Waals surface area (Å²) in [5.41, 5.74) is 1.64. The molecule has 7 nitrogen and oxygen atoms in total. The molecule has 1 aliphatic heterocycles. The van der Waals surface area contributed by atoms with Gasteiger partial charge in [-0.1, -0.05) is 24.6 Å². The summed E-state index contributed by atoms with van der Waals surface area (Å²) in [6.07, 6.45) is 5.70. The number of aromatic nitrogens is 1. The van der Waals surface area contributed by atoms with Crippen LogP contribution in [0.4, 0.5) is 5.69 Å². The van der Waals surface area contributed by atoms with E-state index in [0.29, 0.717) is 24.5 Å². The van der Waals surface area contributed by atoms with Gasteiger partial charge in [0.25, 0.3) is 5.91 Å². The highest BCUT2D eigenvalue weighted by molar-refractivity contribution is 7.89. The van der Waals surface area contributed by atoms with Gasteiger partial charge >= 0.3 is 0 Å². The van der Waals surface area contributed by atoms with Gasteiger partial charge in [0.2, 0.25) is 10.0 Å². The molecular weight excluding hydrogens is 390 g/mol. The van der Waals surface area contributed by atoms with Gasteiger partial charge in [-0.25, -0.2) is 13.4 Å². The first-order valence-corrected chi connectivity index (χ1v) is 10.9. The average molecular weight is 411 g/mol. The molecule has 1 saturated heterocycles. The number of anilines is 1. The molecule has 1 aromatic heterocycles. The van der Waals surface area contributed by atoms with E-state index < -0.39 is 10.0 Å². The number of rotatable bonds is 5. The van der Waals surface area contributed by atoms with Gasteiger partial charge in [-0.3, -0.25) is 4.79 Å². The highest BCUT2D eigenvalue weighted by atomic mass is 32.2. The van der Waals surface area contributed by atoms with Crippen LogP contribution < -0.4 is 5.32 Å². The molecule has 8 heteroatoms. The van der Waals surface area contributed by atoms with Crippen LogP contribution in [0.3, 0.4) is 0 Å². The Bertz CT molecular complexity index is 1100. The molecule has 0 aliphatic carbocycles. The summed E-state index contributed by atoms with van der Waals surface area (Å²) in [7, 11) is -3.59. The molecule has 1 amide bonds. The largest absolute Gasteiger partial charge is 0.444 e. The number of carbonyl (C=O) groups excluding carboxylic acids is 1. The van der Waals surface area contributed by atoms with Crippen LogP contribution in [0.5, 0.6) is 0 Å². The molecule has 2 aromatic carbocycles. The van der Waals surface area contributed by atoms with Crippen LogP contribution >= 0.6 is 0 Å². The number of hydrogen-bond donors (Lipinski definition) is 1. The van der Waals surface area contributed by atoms with E-state index in [9.17, 15) is 13.2 Å². The second kappa shape index (κ2) is 8.18. The van der Waals surface area contributed by atoms with Gasteiger partial charge in [0.1, 0.15) is 0 Å². The number of nitrogens with zero attached hydrogens (tertiary/aromatic N) is 2. The van der Waals surface area contributed by atoms with Crippen molar-refractivity contribution in [3.05, 3.63) is 66.7 Å². The number of carbonyl (C=O) groups is 1. The summed E-state index contributed by atoms with van der Waals surface area (Å²) < 4.78 is 32.5. The van der Waals surface area contributed by atoms with Gasteiger partial charge in [-0.05, 0) is 43.2 Å². The Morgan fingerprint density at radius 1 is 1.03 bits per heavy atom. The van der Waals surface area contributed by atoms with E-state index in [1.54, 1.807) is 36.5 Å². The summed E-state index contributed by atoms with van der Waals surface area (Å²) in [4.78, 5) is 16.7. The summed E-state index contributed by atoms with van der Waals surface area (Å²) in [5.74, 6) is 0.214. The average Bonchev–Trinajstić information content (AvgIpc) is 3.30. The first kappa shape index (κ1) is 19.4. The van der Waals surface area contributed by atoms with Crippen LogP contribution in [0.1, 0.15) is 29.6 Å². The number of nitrogens with one attached hydrogen (secondary N) is 1. The maximum atomic E-state index is 12.9. The van der Waals surface area contributed by atoms with Crippen molar-refractivity contribution in [1.82, 2.24) is 9.29 Å². The Hall–Kier alpha value is -2.97. The zero-order chi connectivity index (χ0) is 20.3. The van der Waals surface area contributed by atoms with Crippen LogP contribution in [0.15, 0.2) is 70.4 Å². The quantitative estimate of drug-likeness (QED) is 0.690. The molecule has 2 heterocycles. The van der Waals surface area contributed by atoms with E-state index in [-0.39, 0.29) is 16.4 Å². The highest BCUT2D eigenvalue weighted by Gasteiger charge is 2.26. The van der Waals surface area contributed by atoms with Crippen molar-refractivity contribution in [3.8, 4) is 11.3 Å². The minimum Gasteiger partial charge on any atom is -0.444 e. The molecule has 0 unspecified atom stereocenters. The minimum atomic E-state index is -3.59. The number of benzene rings is 2. The molecule has 1 fully saturated rings. The van der Waals surface area contributed by atoms with E-state index in [0.717, 1.165) is 24.8 Å². The van der Waals surface area contributed by atoms with Crippen molar-refractivity contribution in [2.45, 2.75) is 24.2 Å². The molecule has 150 valence electrons. The number of hydrogen-bond acceptors (Lipinski definition) is 5. The fourth-order valence-corrected chi connectivity index (χ4v) is 4.93. The van der Waals surface area contributed by atoms with E-state index in [4.69, 9.17) is 4.42 Å². The third-order valence-electron chi connectivity index (χ3n) is 4.89. The van der Waals surface area contributed by atoms with Gasteiger partial charge < -0.3 is 9.73 Å². The summed E-state index contributed by atoms with van der Waals surface area (Å²) >= 11 is 0. The van der Waals surface area contributed by atoms with Crippen LogP contribution in [-0.4, -0.2) is 36.7 Å². The second-order valence-corrected chi connectivity index (χ2v) is 8.83. The number of amides is 1. The Kier molecular flexibility index (Phi) is 5.46. The number of oxazole rings is 1. The van der Waals surface area contributed by atoms with Gasteiger partial charge in [0.15, 0.2) is 12.2 Å². The van der Waals surface area contributed by atoms with Crippen LogP contribution in [0.2, 0.25) is 0 Å². The van der Waals surface area contributed by atoms with E-state index in [2.05, 4.69) is 10.3 Å². The normalized spacial score (nSPS) is 15.2. The predicted octanol–water partition coefficient (Wildman–Crippen LogP) is 3.77. The maximum Gasteiger partial charge on any atom is 0.255 e. The molecule has 0 atom stereocenters. The summed E-state index contributed by atoms with van der Waals surface area (Å²) in [6.45, 7) is 1.04. The van der Waals surface area contributed by atoms with E-state index in [1.807, 2.05) is 6.07 Å². The Balaban J connectivity index is 1.54. The smallest absolute Gasteiger partial charge is 0.255 e. The van der Waals surface area contributed by atoms with Crippen LogP contribution in [0.25, 0.3) is 11.3 Å². The molecule has 29 heavy (non-hydrogen) atoms. The Morgan fingerprint density at radius 2 is 1.83 bits per heavy atom. The maximum absolute atomic E-state index is 12.9. The molecular formula is C21H21N3O4S. The van der Waals surface area contributed by atoms with Gasteiger partial charge in [0, 0.05) is 29.9 Å². The lowest BCUT2D eigenvalue weighted by atomic mass is 10.1. The lowest BCUT2D eigenvalue weighted by molar-refractivity contribution is 0.102. The lowest BCUT2D eigenvalue weighted by Gasteiger charge is -2.26. The number of piperidine rings is 1. The fraction of sp³-hybridized carbons (Fsp3) is 0.238. The predicted molar refractivity (Wildman–Crippen MR) is 109 cm³/mol. The summed E-state index contributed by atoms with van der Waals surface area (Å²) in [5, 5.41) is 2.81. The topological polar surface area (TPSA) is 92.5 Å². The van der Waals surface area contributed by atoms with Crippen molar-refractivity contribution in [1.29, 1.82) is 0 Å². The molecule has 0 bridgehead atoms. The van der Waals surface area contributed by atoms with Crippen molar-refractivity contribution >= 4 is 21.6 Å². The fourth-order valence-electron chi connectivity index (χ4n) is 3.36. The Morgan fingerprint density at radius 3 is 2.59 bits per heavy atom. The van der Waals surface area contributed by atoms with Gasteiger partial charge in [-0.2, -0.15) is 4.31 Å².